The average molecular weight is 486 g/mol. The molecule has 0 unspecified atom stereocenters. The molecule has 0 N–H and O–H groups in total. The van der Waals surface area contributed by atoms with Crippen molar-refractivity contribution in [1.82, 2.24) is 0 Å². The lowest BCUT2D eigenvalue weighted by molar-refractivity contribution is -0.122. The highest BCUT2D eigenvalue weighted by atomic mass is 16.5. The van der Waals surface area contributed by atoms with Crippen LogP contribution < -0.4 is 4.90 Å². The standard InChI is InChI=1S/C32H23NO4/c34-30-28-26-22-13-4-5-14-23(22)27(25-16-7-6-15-24(25)26)29(28)31(35)33(30)21-12-8-11-20(17-21)32(36)37-18-19-9-2-1-3-10-19/h1-17,26-29H,18H2/t26?,27?,28-,29-/m0/s1. The van der Waals surface area contributed by atoms with Crippen molar-refractivity contribution < 1.29 is 19.1 Å². The molecule has 5 nitrogen and oxygen atoms in total. The Bertz CT molecular complexity index is 1460. The second kappa shape index (κ2) is 8.27. The fraction of sp³-hybridized carbons (Fsp3) is 0.156. The second-order valence-corrected chi connectivity index (χ2v) is 9.89. The van der Waals surface area contributed by atoms with Crippen molar-refractivity contribution in [2.45, 2.75) is 18.4 Å². The van der Waals surface area contributed by atoms with Gasteiger partial charge in [0.2, 0.25) is 11.8 Å². The number of carbonyl (C=O) groups excluding carboxylic acids is 3. The number of rotatable bonds is 4. The lowest BCUT2D eigenvalue weighted by atomic mass is 9.55. The highest BCUT2D eigenvalue weighted by molar-refractivity contribution is 6.23. The topological polar surface area (TPSA) is 63.7 Å². The minimum Gasteiger partial charge on any atom is -0.457 e. The zero-order valence-electron chi connectivity index (χ0n) is 19.9. The van der Waals surface area contributed by atoms with Gasteiger partial charge in [0.05, 0.1) is 23.1 Å². The van der Waals surface area contributed by atoms with Gasteiger partial charge >= 0.3 is 5.97 Å². The number of ether oxygens (including phenoxy) is 1. The number of hydrogen-bond acceptors (Lipinski definition) is 4. The monoisotopic (exact) mass is 485 g/mol. The zero-order chi connectivity index (χ0) is 25.1. The van der Waals surface area contributed by atoms with Gasteiger partial charge in [0.1, 0.15) is 6.61 Å². The highest BCUT2D eigenvalue weighted by Crippen LogP contribution is 2.61. The molecule has 2 amide bonds. The van der Waals surface area contributed by atoms with Gasteiger partial charge in [-0.05, 0) is 46.0 Å². The molecule has 1 aliphatic heterocycles. The van der Waals surface area contributed by atoms with Crippen molar-refractivity contribution in [2.24, 2.45) is 11.8 Å². The summed E-state index contributed by atoms with van der Waals surface area (Å²) in [5.74, 6) is -2.16. The van der Waals surface area contributed by atoms with E-state index in [1.807, 2.05) is 54.6 Å². The first-order chi connectivity index (χ1) is 18.1. The summed E-state index contributed by atoms with van der Waals surface area (Å²) < 4.78 is 5.48. The summed E-state index contributed by atoms with van der Waals surface area (Å²) in [5, 5.41) is 0. The summed E-state index contributed by atoms with van der Waals surface area (Å²) >= 11 is 0. The van der Waals surface area contributed by atoms with Crippen molar-refractivity contribution >= 4 is 23.5 Å². The van der Waals surface area contributed by atoms with Gasteiger partial charge in [-0.1, -0.05) is 84.9 Å². The van der Waals surface area contributed by atoms with Crippen LogP contribution >= 0.6 is 0 Å². The van der Waals surface area contributed by atoms with E-state index in [0.717, 1.165) is 27.8 Å². The predicted molar refractivity (Wildman–Crippen MR) is 138 cm³/mol. The van der Waals surface area contributed by atoms with E-state index in [4.69, 9.17) is 4.74 Å². The number of carbonyl (C=O) groups is 3. The Labute approximate surface area is 214 Å². The Balaban J connectivity index is 1.23. The van der Waals surface area contributed by atoms with E-state index >= 15 is 0 Å². The second-order valence-electron chi connectivity index (χ2n) is 9.89. The van der Waals surface area contributed by atoms with Crippen LogP contribution in [0.4, 0.5) is 5.69 Å². The van der Waals surface area contributed by atoms with E-state index in [2.05, 4.69) is 24.3 Å². The molecule has 5 heteroatoms. The van der Waals surface area contributed by atoms with E-state index in [1.165, 1.54) is 4.90 Å². The van der Waals surface area contributed by atoms with Crippen molar-refractivity contribution in [1.29, 1.82) is 0 Å². The third-order valence-electron chi connectivity index (χ3n) is 8.00. The Hall–Kier alpha value is -4.51. The van der Waals surface area contributed by atoms with Crippen molar-refractivity contribution in [3.63, 3.8) is 0 Å². The molecular formula is C32H23NO4. The molecule has 0 saturated carbocycles. The summed E-state index contributed by atoms with van der Waals surface area (Å²) in [6.07, 6.45) is 0. The predicted octanol–water partition coefficient (Wildman–Crippen LogP) is 5.44. The number of anilines is 1. The summed E-state index contributed by atoms with van der Waals surface area (Å²) in [7, 11) is 0. The fourth-order valence-electron chi connectivity index (χ4n) is 6.51. The number of esters is 1. The lowest BCUT2D eigenvalue weighted by Gasteiger charge is -2.45. The maximum absolute atomic E-state index is 13.9. The van der Waals surface area contributed by atoms with Crippen molar-refractivity contribution in [3.8, 4) is 0 Å². The number of imide groups is 1. The number of nitrogens with zero attached hydrogens (tertiary/aromatic N) is 1. The van der Waals surface area contributed by atoms with Crippen LogP contribution in [0.25, 0.3) is 0 Å². The van der Waals surface area contributed by atoms with Gasteiger partial charge in [0.25, 0.3) is 0 Å². The van der Waals surface area contributed by atoms with E-state index in [-0.39, 0.29) is 30.3 Å². The van der Waals surface area contributed by atoms with E-state index in [0.29, 0.717) is 11.3 Å². The first-order valence-electron chi connectivity index (χ1n) is 12.5. The molecule has 1 heterocycles. The first-order valence-corrected chi connectivity index (χ1v) is 12.5. The molecule has 2 bridgehead atoms. The van der Waals surface area contributed by atoms with E-state index in [9.17, 15) is 14.4 Å². The Morgan fingerprint density at radius 3 is 1.70 bits per heavy atom. The quantitative estimate of drug-likeness (QED) is 0.285. The molecule has 1 saturated heterocycles. The molecule has 2 atom stereocenters. The zero-order valence-corrected chi connectivity index (χ0v) is 19.9. The van der Waals surface area contributed by atoms with Gasteiger partial charge in [0.15, 0.2) is 0 Å². The average Bonchev–Trinajstić information content (AvgIpc) is 3.22. The third-order valence-corrected chi connectivity index (χ3v) is 8.00. The molecule has 4 aromatic rings. The Morgan fingerprint density at radius 2 is 1.16 bits per heavy atom. The summed E-state index contributed by atoms with van der Waals surface area (Å²) in [6, 6.07) is 32.4. The molecule has 1 fully saturated rings. The van der Waals surface area contributed by atoms with Crippen LogP contribution in [0.2, 0.25) is 0 Å². The van der Waals surface area contributed by atoms with Crippen LogP contribution in [0.5, 0.6) is 0 Å². The minimum atomic E-state index is -0.498. The van der Waals surface area contributed by atoms with Gasteiger partial charge in [0, 0.05) is 11.8 Å². The molecule has 180 valence electrons. The van der Waals surface area contributed by atoms with Crippen LogP contribution in [0.1, 0.15) is 50.0 Å². The van der Waals surface area contributed by atoms with E-state index in [1.54, 1.807) is 24.3 Å². The molecular weight excluding hydrogens is 462 g/mol. The number of hydrogen-bond donors (Lipinski definition) is 0. The highest BCUT2D eigenvalue weighted by Gasteiger charge is 2.61. The molecule has 37 heavy (non-hydrogen) atoms. The molecule has 3 aliphatic carbocycles. The van der Waals surface area contributed by atoms with Crippen LogP contribution in [-0.2, 0) is 20.9 Å². The van der Waals surface area contributed by atoms with E-state index < -0.39 is 17.8 Å². The van der Waals surface area contributed by atoms with Gasteiger partial charge in [-0.2, -0.15) is 0 Å². The molecule has 0 radical (unpaired) electrons. The van der Waals surface area contributed by atoms with Gasteiger partial charge in [-0.25, -0.2) is 9.69 Å². The molecule has 4 aromatic carbocycles. The number of amides is 2. The van der Waals surface area contributed by atoms with Gasteiger partial charge in [-0.3, -0.25) is 9.59 Å². The van der Waals surface area contributed by atoms with Crippen LogP contribution in [0.3, 0.4) is 0 Å². The maximum atomic E-state index is 13.9. The summed E-state index contributed by atoms with van der Waals surface area (Å²) in [6.45, 7) is 0.148. The number of benzene rings is 4. The van der Waals surface area contributed by atoms with Crippen LogP contribution in [0, 0.1) is 11.8 Å². The van der Waals surface area contributed by atoms with Crippen LogP contribution in [0.15, 0.2) is 103 Å². The van der Waals surface area contributed by atoms with Gasteiger partial charge in [-0.15, -0.1) is 0 Å². The molecule has 0 aromatic heterocycles. The molecule has 0 spiro atoms. The Kier molecular flexibility index (Phi) is 4.86. The minimum absolute atomic E-state index is 0.148. The fourth-order valence-corrected chi connectivity index (χ4v) is 6.51. The van der Waals surface area contributed by atoms with Crippen molar-refractivity contribution in [2.75, 3.05) is 4.90 Å². The van der Waals surface area contributed by atoms with Gasteiger partial charge < -0.3 is 4.74 Å². The molecule has 8 rings (SSSR count). The third kappa shape index (κ3) is 3.20. The SMILES string of the molecule is O=C(OCc1ccccc1)c1cccc(N2C(=O)[C@H]3C4c5ccccc5C(c5ccccc54)[C@@H]3C2=O)c1. The molecule has 4 aliphatic rings. The lowest BCUT2D eigenvalue weighted by Crippen LogP contribution is -2.41. The smallest absolute Gasteiger partial charge is 0.338 e. The first kappa shape index (κ1) is 21.7. The maximum Gasteiger partial charge on any atom is 0.338 e. The van der Waals surface area contributed by atoms with Crippen LogP contribution in [-0.4, -0.2) is 17.8 Å². The normalized spacial score (nSPS) is 22.9. The largest absolute Gasteiger partial charge is 0.457 e. The van der Waals surface area contributed by atoms with Crippen molar-refractivity contribution in [3.05, 3.63) is 137 Å². The summed E-state index contributed by atoms with van der Waals surface area (Å²) in [5.41, 5.74) is 6.13. The Morgan fingerprint density at radius 1 is 0.649 bits per heavy atom. The summed E-state index contributed by atoms with van der Waals surface area (Å²) in [4.78, 5) is 42.0.